The zero-order chi connectivity index (χ0) is 30.5. The number of aliphatic carboxylic acids is 2. The van der Waals surface area contributed by atoms with E-state index in [1.807, 2.05) is 36.4 Å². The van der Waals surface area contributed by atoms with E-state index in [-0.39, 0.29) is 11.7 Å². The maximum Gasteiger partial charge on any atom is 0.414 e. The van der Waals surface area contributed by atoms with Gasteiger partial charge in [-0.25, -0.2) is 9.59 Å². The number of nitrogens with zero attached hydrogens (tertiary/aromatic N) is 2. The molecule has 1 aliphatic rings. The molecular weight excluding hydrogens is 536 g/mol. The quantitative estimate of drug-likeness (QED) is 0.194. The molecule has 0 unspecified atom stereocenters. The summed E-state index contributed by atoms with van der Waals surface area (Å²) in [6.45, 7) is 4.98. The van der Waals surface area contributed by atoms with Crippen molar-refractivity contribution in [1.29, 1.82) is 5.26 Å². The number of likely N-dealkylation sites (tertiary alicyclic amines) is 1. The molecule has 0 amide bonds. The fourth-order valence-corrected chi connectivity index (χ4v) is 5.33. The van der Waals surface area contributed by atoms with Gasteiger partial charge in [0.2, 0.25) is 0 Å². The number of rotatable bonds is 10. The number of carboxylic acid groups (broad SMARTS) is 2. The number of piperidine rings is 1. The molecular formula is C33H36N2O7. The molecule has 42 heavy (non-hydrogen) atoms. The SMILES string of the molecule is COc1cc(C(C)=O)ccc1OCCCN1CCC(C(C#N)(c2ccccc2)c2ccccc2)CC1.O=C(O)C(=O)O. The maximum atomic E-state index is 11.6. The van der Waals surface area contributed by atoms with Crippen molar-refractivity contribution in [1.82, 2.24) is 4.90 Å². The molecule has 3 aromatic rings. The van der Waals surface area contributed by atoms with Crippen molar-refractivity contribution in [3.8, 4) is 17.6 Å². The van der Waals surface area contributed by atoms with E-state index in [0.29, 0.717) is 23.7 Å². The number of carboxylic acids is 2. The minimum atomic E-state index is -1.82. The number of ether oxygens (including phenoxy) is 2. The second-order valence-electron chi connectivity index (χ2n) is 10.0. The van der Waals surface area contributed by atoms with Gasteiger partial charge in [0.15, 0.2) is 17.3 Å². The van der Waals surface area contributed by atoms with E-state index < -0.39 is 17.4 Å². The molecule has 3 aromatic carbocycles. The third-order valence-corrected chi connectivity index (χ3v) is 7.46. The molecule has 0 aliphatic carbocycles. The van der Waals surface area contributed by atoms with Gasteiger partial charge in [0.05, 0.1) is 19.8 Å². The van der Waals surface area contributed by atoms with Gasteiger partial charge in [-0.1, -0.05) is 60.7 Å². The molecule has 0 bridgehead atoms. The summed E-state index contributed by atoms with van der Waals surface area (Å²) >= 11 is 0. The molecule has 0 radical (unpaired) electrons. The highest BCUT2D eigenvalue weighted by molar-refractivity contribution is 6.27. The topological polar surface area (TPSA) is 137 Å². The van der Waals surface area contributed by atoms with E-state index in [1.165, 1.54) is 0 Å². The van der Waals surface area contributed by atoms with E-state index in [2.05, 4.69) is 35.2 Å². The molecule has 2 N–H and O–H groups in total. The smallest absolute Gasteiger partial charge is 0.414 e. The van der Waals surface area contributed by atoms with Crippen LogP contribution in [0, 0.1) is 17.2 Å². The van der Waals surface area contributed by atoms with Gasteiger partial charge in [-0.05, 0) is 74.5 Å². The lowest BCUT2D eigenvalue weighted by Gasteiger charge is -2.41. The summed E-state index contributed by atoms with van der Waals surface area (Å²) < 4.78 is 11.4. The molecule has 0 saturated carbocycles. The number of hydrogen-bond donors (Lipinski definition) is 2. The predicted octanol–water partition coefficient (Wildman–Crippen LogP) is 5.04. The van der Waals surface area contributed by atoms with E-state index in [9.17, 15) is 10.1 Å². The highest BCUT2D eigenvalue weighted by atomic mass is 16.5. The summed E-state index contributed by atoms with van der Waals surface area (Å²) in [4.78, 5) is 32.3. The van der Waals surface area contributed by atoms with Crippen LogP contribution in [0.15, 0.2) is 78.9 Å². The van der Waals surface area contributed by atoms with Crippen LogP contribution in [0.5, 0.6) is 11.5 Å². The number of Topliss-reactive ketones (excluding diaryl/α,β-unsaturated/α-hetero) is 1. The molecule has 1 aliphatic heterocycles. The molecule has 0 aromatic heterocycles. The van der Waals surface area contributed by atoms with Crippen molar-refractivity contribution in [3.63, 3.8) is 0 Å². The van der Waals surface area contributed by atoms with Crippen molar-refractivity contribution in [2.75, 3.05) is 33.4 Å². The van der Waals surface area contributed by atoms with Crippen LogP contribution in [-0.4, -0.2) is 66.2 Å². The molecule has 9 nitrogen and oxygen atoms in total. The van der Waals surface area contributed by atoms with Crippen molar-refractivity contribution >= 4 is 17.7 Å². The van der Waals surface area contributed by atoms with Crippen LogP contribution in [0.25, 0.3) is 0 Å². The molecule has 0 spiro atoms. The highest BCUT2D eigenvalue weighted by Gasteiger charge is 2.43. The molecule has 1 heterocycles. The standard InChI is InChI=1S/C31H34N2O3.C2H2O4/c1-24(34)25-14-15-29(30(22-25)35-2)36-21-9-18-33-19-16-28(17-20-33)31(23-32,26-10-5-3-6-11-26)27-12-7-4-8-13-27;3-1(4)2(5)6/h3-8,10-15,22,28H,9,16-21H2,1-2H3;(H,3,4)(H,5,6). The Bertz CT molecular complexity index is 1330. The van der Waals surface area contributed by atoms with Crippen LogP contribution >= 0.6 is 0 Å². The number of benzene rings is 3. The number of nitriles is 1. The lowest BCUT2D eigenvalue weighted by atomic mass is 9.64. The lowest BCUT2D eigenvalue weighted by molar-refractivity contribution is -0.159. The lowest BCUT2D eigenvalue weighted by Crippen LogP contribution is -2.44. The van der Waals surface area contributed by atoms with Crippen molar-refractivity contribution in [2.24, 2.45) is 5.92 Å². The number of carbonyl (C=O) groups excluding carboxylic acids is 1. The van der Waals surface area contributed by atoms with Gasteiger partial charge in [-0.2, -0.15) is 5.26 Å². The monoisotopic (exact) mass is 572 g/mol. The van der Waals surface area contributed by atoms with Crippen molar-refractivity contribution in [3.05, 3.63) is 95.6 Å². The Balaban J connectivity index is 0.000000730. The van der Waals surface area contributed by atoms with Crippen LogP contribution in [0.3, 0.4) is 0 Å². The average molecular weight is 573 g/mol. The first kappa shape index (κ1) is 31.8. The van der Waals surface area contributed by atoms with Gasteiger partial charge in [0, 0.05) is 12.1 Å². The van der Waals surface area contributed by atoms with Crippen LogP contribution < -0.4 is 9.47 Å². The minimum absolute atomic E-state index is 0.00296. The summed E-state index contributed by atoms with van der Waals surface area (Å²) in [6.07, 6.45) is 2.83. The summed E-state index contributed by atoms with van der Waals surface area (Å²) in [5.41, 5.74) is 2.13. The van der Waals surface area contributed by atoms with Crippen LogP contribution in [0.4, 0.5) is 0 Å². The molecule has 1 fully saturated rings. The third kappa shape index (κ3) is 7.95. The first-order valence-corrected chi connectivity index (χ1v) is 13.8. The Kier molecular flexibility index (Phi) is 11.6. The predicted molar refractivity (Wildman–Crippen MR) is 157 cm³/mol. The zero-order valence-electron chi connectivity index (χ0n) is 23.9. The first-order chi connectivity index (χ1) is 20.2. The normalized spacial score (nSPS) is 13.6. The molecule has 4 rings (SSSR count). The van der Waals surface area contributed by atoms with Gasteiger partial charge in [0.25, 0.3) is 0 Å². The van der Waals surface area contributed by atoms with Gasteiger partial charge in [-0.15, -0.1) is 0 Å². The van der Waals surface area contributed by atoms with Gasteiger partial charge < -0.3 is 24.6 Å². The molecule has 9 heteroatoms. The van der Waals surface area contributed by atoms with E-state index >= 15 is 0 Å². The second kappa shape index (κ2) is 15.4. The summed E-state index contributed by atoms with van der Waals surface area (Å²) in [5.74, 6) is -2.15. The number of carbonyl (C=O) groups is 3. The largest absolute Gasteiger partial charge is 0.493 e. The van der Waals surface area contributed by atoms with E-state index in [0.717, 1.165) is 50.0 Å². The van der Waals surface area contributed by atoms with Gasteiger partial charge in [-0.3, -0.25) is 4.79 Å². The number of ketones is 1. The average Bonchev–Trinajstić information content (AvgIpc) is 3.02. The second-order valence-corrected chi connectivity index (χ2v) is 10.0. The Labute approximate surface area is 245 Å². The summed E-state index contributed by atoms with van der Waals surface area (Å²) in [7, 11) is 1.59. The van der Waals surface area contributed by atoms with E-state index in [1.54, 1.807) is 32.2 Å². The van der Waals surface area contributed by atoms with Crippen molar-refractivity contribution < 1.29 is 34.1 Å². The van der Waals surface area contributed by atoms with Crippen molar-refractivity contribution in [2.45, 2.75) is 31.6 Å². The Morgan fingerprint density at radius 1 is 0.905 bits per heavy atom. The molecule has 1 saturated heterocycles. The van der Waals surface area contributed by atoms with Crippen LogP contribution in [0.1, 0.15) is 47.7 Å². The third-order valence-electron chi connectivity index (χ3n) is 7.46. The zero-order valence-corrected chi connectivity index (χ0v) is 23.9. The Morgan fingerprint density at radius 3 is 1.90 bits per heavy atom. The molecule has 220 valence electrons. The maximum absolute atomic E-state index is 11.6. The Morgan fingerprint density at radius 2 is 1.45 bits per heavy atom. The first-order valence-electron chi connectivity index (χ1n) is 13.8. The summed E-state index contributed by atoms with van der Waals surface area (Å²) in [6, 6.07) is 28.6. The van der Waals surface area contributed by atoms with Gasteiger partial charge in [0.1, 0.15) is 5.41 Å². The van der Waals surface area contributed by atoms with Crippen LogP contribution in [0.2, 0.25) is 0 Å². The number of hydrogen-bond acceptors (Lipinski definition) is 7. The van der Waals surface area contributed by atoms with Crippen LogP contribution in [-0.2, 0) is 15.0 Å². The minimum Gasteiger partial charge on any atom is -0.493 e. The molecule has 0 atom stereocenters. The fourth-order valence-electron chi connectivity index (χ4n) is 5.33. The van der Waals surface area contributed by atoms with Gasteiger partial charge >= 0.3 is 11.9 Å². The number of methoxy groups -OCH3 is 1. The van der Waals surface area contributed by atoms with E-state index in [4.69, 9.17) is 29.3 Å². The Hall–Kier alpha value is -4.68. The highest BCUT2D eigenvalue weighted by Crippen LogP contribution is 2.43. The summed E-state index contributed by atoms with van der Waals surface area (Å²) in [5, 5.41) is 25.3. The fraction of sp³-hybridized carbons (Fsp3) is 0.333.